The lowest BCUT2D eigenvalue weighted by Gasteiger charge is -2.18. The molecule has 0 heterocycles. The summed E-state index contributed by atoms with van der Waals surface area (Å²) in [6.07, 6.45) is -0.746. The molecule has 0 aliphatic carbocycles. The zero-order chi connectivity index (χ0) is 17.7. The molecule has 2 N–H and O–H groups in total. The lowest BCUT2D eigenvalue weighted by molar-refractivity contribution is -0.128. The number of ether oxygens (including phenoxy) is 1. The Morgan fingerprint density at radius 3 is 2.25 bits per heavy atom. The molecule has 2 amide bonds. The highest BCUT2D eigenvalue weighted by Gasteiger charge is 2.18. The molecule has 0 aromatic heterocycles. The zero-order valence-corrected chi connectivity index (χ0v) is 15.3. The number of hydrazine groups is 1. The molecule has 2 aromatic rings. The number of para-hydroxylation sites is 1. The maximum Gasteiger partial charge on any atom is 0.279 e. The minimum atomic E-state index is -0.746. The van der Waals surface area contributed by atoms with Crippen LogP contribution in [0.1, 0.15) is 28.4 Å². The fourth-order valence-corrected chi connectivity index (χ4v) is 2.61. The summed E-state index contributed by atoms with van der Waals surface area (Å²) < 4.78 is 6.38. The maximum absolute atomic E-state index is 12.1. The van der Waals surface area contributed by atoms with Gasteiger partial charge in [0.1, 0.15) is 5.75 Å². The SMILES string of the molecule is Cc1cccc(C)c1O[C@H](C)C(=O)NNC(=O)c1ccccc1Br. The third kappa shape index (κ3) is 4.35. The van der Waals surface area contributed by atoms with Crippen LogP contribution in [0, 0.1) is 13.8 Å². The number of halogens is 1. The zero-order valence-electron chi connectivity index (χ0n) is 13.7. The van der Waals surface area contributed by atoms with Crippen molar-refractivity contribution in [1.29, 1.82) is 0 Å². The second-order valence-corrected chi connectivity index (χ2v) is 6.26. The number of aryl methyl sites for hydroxylation is 2. The van der Waals surface area contributed by atoms with Crippen LogP contribution in [0.2, 0.25) is 0 Å². The first-order valence-corrected chi connectivity index (χ1v) is 8.27. The standard InChI is InChI=1S/C18H19BrN2O3/c1-11-7-6-8-12(2)16(11)24-13(3)17(22)20-21-18(23)14-9-4-5-10-15(14)19/h4-10,13H,1-3H3,(H,20,22)(H,21,23)/t13-/m1/s1. The van der Waals surface area contributed by atoms with Crippen LogP contribution in [0.15, 0.2) is 46.9 Å². The molecule has 24 heavy (non-hydrogen) atoms. The minimum absolute atomic E-state index is 0.407. The van der Waals surface area contributed by atoms with E-state index in [1.807, 2.05) is 32.0 Å². The number of benzene rings is 2. The van der Waals surface area contributed by atoms with E-state index < -0.39 is 17.9 Å². The van der Waals surface area contributed by atoms with E-state index in [0.29, 0.717) is 15.8 Å². The van der Waals surface area contributed by atoms with Crippen LogP contribution < -0.4 is 15.6 Å². The molecule has 0 unspecified atom stereocenters. The van der Waals surface area contributed by atoms with Gasteiger partial charge in [0, 0.05) is 4.47 Å². The van der Waals surface area contributed by atoms with E-state index in [1.54, 1.807) is 31.2 Å². The first kappa shape index (κ1) is 18.0. The maximum atomic E-state index is 12.1. The predicted molar refractivity (Wildman–Crippen MR) is 95.8 cm³/mol. The first-order valence-electron chi connectivity index (χ1n) is 7.47. The summed E-state index contributed by atoms with van der Waals surface area (Å²) in [7, 11) is 0. The summed E-state index contributed by atoms with van der Waals surface area (Å²) in [4.78, 5) is 24.2. The lowest BCUT2D eigenvalue weighted by atomic mass is 10.1. The van der Waals surface area contributed by atoms with E-state index in [0.717, 1.165) is 11.1 Å². The van der Waals surface area contributed by atoms with Crippen LogP contribution in [0.5, 0.6) is 5.75 Å². The van der Waals surface area contributed by atoms with Crippen LogP contribution in [-0.2, 0) is 4.79 Å². The Balaban J connectivity index is 1.95. The quantitative estimate of drug-likeness (QED) is 0.786. The second kappa shape index (κ2) is 7.97. The van der Waals surface area contributed by atoms with Crippen molar-refractivity contribution >= 4 is 27.7 Å². The van der Waals surface area contributed by atoms with Gasteiger partial charge in [-0.2, -0.15) is 0 Å². The van der Waals surface area contributed by atoms with Gasteiger partial charge in [0.25, 0.3) is 11.8 Å². The second-order valence-electron chi connectivity index (χ2n) is 5.40. The lowest BCUT2D eigenvalue weighted by Crippen LogP contribution is -2.47. The van der Waals surface area contributed by atoms with Gasteiger partial charge in [-0.3, -0.25) is 20.4 Å². The molecule has 0 spiro atoms. The van der Waals surface area contributed by atoms with E-state index in [9.17, 15) is 9.59 Å². The summed E-state index contributed by atoms with van der Waals surface area (Å²) >= 11 is 3.29. The van der Waals surface area contributed by atoms with E-state index in [2.05, 4.69) is 26.8 Å². The molecule has 0 aliphatic heterocycles. The number of amides is 2. The van der Waals surface area contributed by atoms with Crippen molar-refractivity contribution in [1.82, 2.24) is 10.9 Å². The summed E-state index contributed by atoms with van der Waals surface area (Å²) in [5.41, 5.74) is 7.10. The van der Waals surface area contributed by atoms with Gasteiger partial charge in [0.15, 0.2) is 6.10 Å². The fourth-order valence-electron chi connectivity index (χ4n) is 2.15. The molecule has 0 saturated heterocycles. The van der Waals surface area contributed by atoms with E-state index in [4.69, 9.17) is 4.74 Å². The summed E-state index contributed by atoms with van der Waals surface area (Å²) in [5, 5.41) is 0. The summed E-state index contributed by atoms with van der Waals surface area (Å²) in [6, 6.07) is 12.7. The molecule has 126 valence electrons. The van der Waals surface area contributed by atoms with Crippen molar-refractivity contribution in [3.63, 3.8) is 0 Å². The number of rotatable bonds is 4. The Kier molecular flexibility index (Phi) is 5.98. The molecule has 0 fully saturated rings. The smallest absolute Gasteiger partial charge is 0.279 e. The van der Waals surface area contributed by atoms with Crippen molar-refractivity contribution in [2.75, 3.05) is 0 Å². The minimum Gasteiger partial charge on any atom is -0.480 e. The number of carbonyl (C=O) groups excluding carboxylic acids is 2. The normalized spacial score (nSPS) is 11.5. The average molecular weight is 391 g/mol. The molecule has 2 rings (SSSR count). The van der Waals surface area contributed by atoms with E-state index in [-0.39, 0.29) is 0 Å². The summed E-state index contributed by atoms with van der Waals surface area (Å²) in [6.45, 7) is 5.47. The van der Waals surface area contributed by atoms with Crippen LogP contribution in [-0.4, -0.2) is 17.9 Å². The van der Waals surface area contributed by atoms with E-state index >= 15 is 0 Å². The van der Waals surface area contributed by atoms with Gasteiger partial charge >= 0.3 is 0 Å². The molecule has 0 radical (unpaired) electrons. The summed E-state index contributed by atoms with van der Waals surface area (Å²) in [5.74, 6) is -0.162. The number of nitrogens with one attached hydrogen (secondary N) is 2. The number of hydrogen-bond donors (Lipinski definition) is 2. The Morgan fingerprint density at radius 2 is 1.62 bits per heavy atom. The molecule has 1 atom stereocenters. The molecule has 0 aliphatic rings. The Hall–Kier alpha value is -2.34. The number of hydrogen-bond acceptors (Lipinski definition) is 3. The van der Waals surface area contributed by atoms with Crippen LogP contribution >= 0.6 is 15.9 Å². The predicted octanol–water partition coefficient (Wildman–Crippen LogP) is 3.29. The molecule has 0 bridgehead atoms. The van der Waals surface area contributed by atoms with Gasteiger partial charge in [-0.25, -0.2) is 0 Å². The van der Waals surface area contributed by atoms with Crippen molar-refractivity contribution < 1.29 is 14.3 Å². The van der Waals surface area contributed by atoms with Crippen molar-refractivity contribution in [2.24, 2.45) is 0 Å². The van der Waals surface area contributed by atoms with Crippen molar-refractivity contribution in [2.45, 2.75) is 26.9 Å². The van der Waals surface area contributed by atoms with Gasteiger partial charge in [0.2, 0.25) is 0 Å². The van der Waals surface area contributed by atoms with Crippen molar-refractivity contribution in [3.05, 3.63) is 63.6 Å². The van der Waals surface area contributed by atoms with Gasteiger partial charge in [-0.15, -0.1) is 0 Å². The average Bonchev–Trinajstić information content (AvgIpc) is 2.56. The van der Waals surface area contributed by atoms with Crippen LogP contribution in [0.25, 0.3) is 0 Å². The third-order valence-corrected chi connectivity index (χ3v) is 4.18. The molecule has 5 nitrogen and oxygen atoms in total. The Bertz CT molecular complexity index is 741. The monoisotopic (exact) mass is 390 g/mol. The van der Waals surface area contributed by atoms with Gasteiger partial charge < -0.3 is 4.74 Å². The highest BCUT2D eigenvalue weighted by atomic mass is 79.9. The largest absolute Gasteiger partial charge is 0.480 e. The van der Waals surface area contributed by atoms with Gasteiger partial charge in [-0.1, -0.05) is 30.3 Å². The highest BCUT2D eigenvalue weighted by Crippen LogP contribution is 2.23. The van der Waals surface area contributed by atoms with Crippen LogP contribution in [0.3, 0.4) is 0 Å². The Labute approximate surface area is 149 Å². The molecule has 2 aromatic carbocycles. The Morgan fingerprint density at radius 1 is 1.00 bits per heavy atom. The first-order chi connectivity index (χ1) is 11.4. The van der Waals surface area contributed by atoms with Gasteiger partial charge in [0.05, 0.1) is 5.56 Å². The number of carbonyl (C=O) groups is 2. The highest BCUT2D eigenvalue weighted by molar-refractivity contribution is 9.10. The van der Waals surface area contributed by atoms with Crippen molar-refractivity contribution in [3.8, 4) is 5.75 Å². The fraction of sp³-hybridized carbons (Fsp3) is 0.222. The molecular formula is C18H19BrN2O3. The molecular weight excluding hydrogens is 372 g/mol. The topological polar surface area (TPSA) is 67.4 Å². The van der Waals surface area contributed by atoms with Crippen LogP contribution in [0.4, 0.5) is 0 Å². The third-order valence-electron chi connectivity index (χ3n) is 3.49. The van der Waals surface area contributed by atoms with Gasteiger partial charge in [-0.05, 0) is 60.0 Å². The molecule has 6 heteroatoms. The van der Waals surface area contributed by atoms with E-state index in [1.165, 1.54) is 0 Å². The molecule has 0 saturated carbocycles.